The highest BCUT2D eigenvalue weighted by Crippen LogP contribution is 2.33. The Morgan fingerprint density at radius 2 is 1.64 bits per heavy atom. The van der Waals surface area contributed by atoms with Gasteiger partial charge in [-0.25, -0.2) is 4.39 Å². The zero-order valence-electron chi connectivity index (χ0n) is 24.5. The third-order valence-corrected chi connectivity index (χ3v) is 7.94. The van der Waals surface area contributed by atoms with Crippen LogP contribution in [0.3, 0.4) is 0 Å². The predicted octanol–water partition coefficient (Wildman–Crippen LogP) is 1.96. The molecule has 5 amide bonds. The van der Waals surface area contributed by atoms with Crippen LogP contribution in [-0.2, 0) is 36.9 Å². The van der Waals surface area contributed by atoms with Gasteiger partial charge in [0.1, 0.15) is 31.2 Å². The van der Waals surface area contributed by atoms with E-state index in [0.29, 0.717) is 24.9 Å². The SMILES string of the molecule is C=[N+](C(=O)OCc1ccccc1)[C@@H](Cc1ccc(F)cc1)C(=O)N[C@@H](CC1CC1)C(=O)N[C@@H](C[C@@H]1CCCNC1=O)C(N)=O. The van der Waals surface area contributed by atoms with Gasteiger partial charge in [0.25, 0.3) is 5.91 Å². The summed E-state index contributed by atoms with van der Waals surface area (Å²) in [5.74, 6) is -3.01. The summed E-state index contributed by atoms with van der Waals surface area (Å²) in [5.41, 5.74) is 6.88. The van der Waals surface area contributed by atoms with Crippen LogP contribution in [0.2, 0.25) is 0 Å². The van der Waals surface area contributed by atoms with Gasteiger partial charge >= 0.3 is 6.09 Å². The van der Waals surface area contributed by atoms with Gasteiger partial charge in [0.05, 0.1) is 0 Å². The van der Waals surface area contributed by atoms with Crippen molar-refractivity contribution >= 4 is 36.4 Å². The van der Waals surface area contributed by atoms with E-state index in [2.05, 4.69) is 22.7 Å². The van der Waals surface area contributed by atoms with Crippen LogP contribution in [0.1, 0.15) is 49.7 Å². The van der Waals surface area contributed by atoms with Crippen LogP contribution in [0.15, 0.2) is 54.6 Å². The molecule has 1 saturated carbocycles. The molecule has 5 N–H and O–H groups in total. The number of amides is 5. The summed E-state index contributed by atoms with van der Waals surface area (Å²) in [6.45, 7) is 4.29. The Kier molecular flexibility index (Phi) is 11.2. The maximum atomic E-state index is 13.7. The summed E-state index contributed by atoms with van der Waals surface area (Å²) < 4.78 is 19.9. The molecular formula is C32H39FN5O6+. The first kappa shape index (κ1) is 32.3. The highest BCUT2D eigenvalue weighted by Gasteiger charge is 2.39. The first-order valence-electron chi connectivity index (χ1n) is 14.8. The number of ether oxygens (including phenoxy) is 1. The fourth-order valence-electron chi connectivity index (χ4n) is 5.17. The molecule has 1 heterocycles. The van der Waals surface area contributed by atoms with Gasteiger partial charge < -0.3 is 26.4 Å². The Balaban J connectivity index is 1.48. The van der Waals surface area contributed by atoms with Crippen molar-refractivity contribution in [1.29, 1.82) is 0 Å². The lowest BCUT2D eigenvalue weighted by Crippen LogP contribution is -2.56. The molecule has 2 aromatic carbocycles. The van der Waals surface area contributed by atoms with E-state index in [1.54, 1.807) is 24.3 Å². The minimum atomic E-state index is -1.21. The molecule has 0 bridgehead atoms. The molecule has 2 fully saturated rings. The number of hydrogen-bond acceptors (Lipinski definition) is 6. The predicted molar refractivity (Wildman–Crippen MR) is 159 cm³/mol. The van der Waals surface area contributed by atoms with Crippen molar-refractivity contribution in [3.05, 3.63) is 71.5 Å². The lowest BCUT2D eigenvalue weighted by Gasteiger charge is -2.27. The number of benzene rings is 2. The first-order valence-corrected chi connectivity index (χ1v) is 14.8. The standard InChI is InChI=1S/C32H38FN5O6/c1-38(32(43)44-19-22-6-3-2-4-7-22)27(17-21-11-13-24(33)14-12-21)31(42)37-26(16-20-9-10-20)30(41)36-25(28(34)39)18-23-8-5-15-35-29(23)40/h2-4,6-7,11-14,20,23,25-27H,1,5,8-10,15-19H2,(H4-,34,35,36,37,39,40,41,42)/p+1/t23-,25-,26-,27-/m0/s1. The summed E-state index contributed by atoms with van der Waals surface area (Å²) in [7, 11) is 0. The quantitative estimate of drug-likeness (QED) is 0.190. The first-order chi connectivity index (χ1) is 21.1. The molecule has 0 aromatic heterocycles. The molecule has 4 rings (SSSR count). The smallest absolute Gasteiger partial charge is 0.407 e. The number of nitrogens with zero attached hydrogens (tertiary/aromatic N) is 1. The Bertz CT molecular complexity index is 1360. The van der Waals surface area contributed by atoms with Crippen LogP contribution in [0, 0.1) is 17.7 Å². The highest BCUT2D eigenvalue weighted by atomic mass is 19.1. The van der Waals surface area contributed by atoms with Crippen LogP contribution < -0.4 is 21.7 Å². The monoisotopic (exact) mass is 608 g/mol. The molecular weight excluding hydrogens is 569 g/mol. The fourth-order valence-corrected chi connectivity index (χ4v) is 5.17. The summed E-state index contributed by atoms with van der Waals surface area (Å²) in [6, 6.07) is 11.1. The summed E-state index contributed by atoms with van der Waals surface area (Å²) in [6.07, 6.45) is 2.55. The third kappa shape index (κ3) is 9.45. The number of carbonyl (C=O) groups excluding carboxylic acids is 5. The van der Waals surface area contributed by atoms with Crippen molar-refractivity contribution in [2.45, 2.75) is 69.7 Å². The number of halogens is 1. The molecule has 12 heteroatoms. The number of nitrogens with one attached hydrogen (secondary N) is 3. The lowest BCUT2D eigenvalue weighted by atomic mass is 9.91. The molecule has 44 heavy (non-hydrogen) atoms. The van der Waals surface area contributed by atoms with E-state index in [0.717, 1.165) is 29.4 Å². The van der Waals surface area contributed by atoms with Crippen LogP contribution in [0.4, 0.5) is 9.18 Å². The second-order valence-electron chi connectivity index (χ2n) is 11.4. The van der Waals surface area contributed by atoms with Gasteiger partial charge in [0.2, 0.25) is 23.8 Å². The fraction of sp³-hybridized carbons (Fsp3) is 0.438. The Morgan fingerprint density at radius 3 is 2.27 bits per heavy atom. The minimum absolute atomic E-state index is 0.0332. The van der Waals surface area contributed by atoms with Crippen molar-refractivity contribution in [1.82, 2.24) is 16.0 Å². The number of carbonyl (C=O) groups is 5. The molecule has 2 aromatic rings. The number of hydrogen-bond donors (Lipinski definition) is 4. The van der Waals surface area contributed by atoms with Crippen molar-refractivity contribution in [3.63, 3.8) is 0 Å². The summed E-state index contributed by atoms with van der Waals surface area (Å²) >= 11 is 0. The van der Waals surface area contributed by atoms with Crippen LogP contribution >= 0.6 is 0 Å². The molecule has 1 aliphatic heterocycles. The van der Waals surface area contributed by atoms with E-state index < -0.39 is 53.7 Å². The van der Waals surface area contributed by atoms with Crippen molar-refractivity contribution in [2.75, 3.05) is 6.54 Å². The largest absolute Gasteiger partial charge is 0.596 e. The minimum Gasteiger partial charge on any atom is -0.407 e. The van der Waals surface area contributed by atoms with Crippen LogP contribution in [-0.4, -0.2) is 65.7 Å². The van der Waals surface area contributed by atoms with Gasteiger partial charge in [-0.05, 0) is 54.9 Å². The second-order valence-corrected chi connectivity index (χ2v) is 11.4. The van der Waals surface area contributed by atoms with Gasteiger partial charge in [-0.3, -0.25) is 19.2 Å². The molecule has 1 aliphatic carbocycles. The highest BCUT2D eigenvalue weighted by molar-refractivity contribution is 5.93. The Labute approximate surface area is 255 Å². The van der Waals surface area contributed by atoms with Gasteiger partial charge in [-0.2, -0.15) is 4.79 Å². The molecule has 11 nitrogen and oxygen atoms in total. The van der Waals surface area contributed by atoms with Crippen molar-refractivity contribution < 1.29 is 37.7 Å². The summed E-state index contributed by atoms with van der Waals surface area (Å²) in [4.78, 5) is 64.7. The normalized spacial score (nSPS) is 18.2. The molecule has 2 aliphatic rings. The number of piperidine rings is 1. The lowest BCUT2D eigenvalue weighted by molar-refractivity contribution is -0.466. The Hall–Kier alpha value is -4.61. The van der Waals surface area contributed by atoms with E-state index in [9.17, 15) is 28.4 Å². The molecule has 0 unspecified atom stereocenters. The van der Waals surface area contributed by atoms with E-state index in [1.165, 1.54) is 24.3 Å². The molecule has 0 radical (unpaired) electrons. The topological polar surface area (TPSA) is 160 Å². The van der Waals surface area contributed by atoms with E-state index in [-0.39, 0.29) is 31.3 Å². The summed E-state index contributed by atoms with van der Waals surface area (Å²) in [5, 5.41) is 8.13. The zero-order valence-corrected chi connectivity index (χ0v) is 24.5. The van der Waals surface area contributed by atoms with E-state index >= 15 is 0 Å². The number of nitrogens with two attached hydrogens (primary N) is 1. The van der Waals surface area contributed by atoms with Crippen molar-refractivity contribution in [2.24, 2.45) is 17.6 Å². The van der Waals surface area contributed by atoms with Crippen molar-refractivity contribution in [3.8, 4) is 0 Å². The molecule has 1 saturated heterocycles. The van der Waals surface area contributed by atoms with Gasteiger partial charge in [-0.1, -0.05) is 55.3 Å². The van der Waals surface area contributed by atoms with Gasteiger partial charge in [0.15, 0.2) is 0 Å². The van der Waals surface area contributed by atoms with E-state index in [1.807, 2.05) is 6.07 Å². The molecule has 234 valence electrons. The second kappa shape index (κ2) is 15.2. The molecule has 0 spiro atoms. The van der Waals surface area contributed by atoms with Crippen LogP contribution in [0.25, 0.3) is 0 Å². The Morgan fingerprint density at radius 1 is 0.955 bits per heavy atom. The molecule has 4 atom stereocenters. The maximum Gasteiger partial charge on any atom is 0.596 e. The average molecular weight is 609 g/mol. The van der Waals surface area contributed by atoms with Gasteiger partial charge in [-0.15, -0.1) is 4.58 Å². The van der Waals surface area contributed by atoms with Crippen LogP contribution in [0.5, 0.6) is 0 Å². The van der Waals surface area contributed by atoms with Gasteiger partial charge in [0, 0.05) is 18.9 Å². The number of primary amides is 1. The third-order valence-electron chi connectivity index (χ3n) is 7.94. The maximum absolute atomic E-state index is 13.7. The zero-order chi connectivity index (χ0) is 31.6. The average Bonchev–Trinajstić information content (AvgIpc) is 3.84. The number of rotatable bonds is 14. The van der Waals surface area contributed by atoms with E-state index in [4.69, 9.17) is 10.5 Å².